The molecule has 11 atom stereocenters. The largest absolute Gasteiger partial charge is 0.493 e. The monoisotopic (exact) mass is 528 g/mol. The Bertz CT molecular complexity index is 567. The second-order valence-corrected chi connectivity index (χ2v) is 8.86. The summed E-state index contributed by atoms with van der Waals surface area (Å²) >= 11 is 0. The van der Waals surface area contributed by atoms with Crippen LogP contribution in [0.15, 0.2) is 12.3 Å². The van der Waals surface area contributed by atoms with Gasteiger partial charge in [-0.25, -0.2) is 0 Å². The lowest BCUT2D eigenvalue weighted by atomic mass is 10.1. The first-order valence-corrected chi connectivity index (χ1v) is 11.6. The van der Waals surface area contributed by atoms with Gasteiger partial charge in [-0.15, -0.1) is 0 Å². The summed E-state index contributed by atoms with van der Waals surface area (Å²) in [5.41, 5.74) is 0. The van der Waals surface area contributed by atoms with Gasteiger partial charge in [-0.1, -0.05) is 14.9 Å². The van der Waals surface area contributed by atoms with Gasteiger partial charge in [0.15, 0.2) is 12.4 Å². The van der Waals surface area contributed by atoms with Crippen molar-refractivity contribution >= 4 is 0 Å². The van der Waals surface area contributed by atoms with Crippen LogP contribution in [-0.4, -0.2) is 130 Å². The van der Waals surface area contributed by atoms with Crippen LogP contribution >= 0.6 is 0 Å². The molecule has 0 aromatic rings. The molecule has 5 rings (SSSR count). The van der Waals surface area contributed by atoms with Crippen LogP contribution in [0.4, 0.5) is 0 Å². The van der Waals surface area contributed by atoms with E-state index in [0.29, 0.717) is 25.9 Å². The van der Waals surface area contributed by atoms with Crippen LogP contribution < -0.4 is 0 Å². The lowest BCUT2D eigenvalue weighted by Gasteiger charge is -2.10. The molecule has 2 bridgehead atoms. The molecule has 4 saturated heterocycles. The zero-order valence-electron chi connectivity index (χ0n) is 19.6. The van der Waals surface area contributed by atoms with Gasteiger partial charge >= 0.3 is 0 Å². The lowest BCUT2D eigenvalue weighted by Crippen LogP contribution is -2.26. The highest BCUT2D eigenvalue weighted by Gasteiger charge is 2.40. The van der Waals surface area contributed by atoms with Crippen molar-refractivity contribution in [2.24, 2.45) is 0 Å². The number of ether oxygens (including phenoxy) is 5. The molecular weight excluding hydrogens is 480 g/mol. The highest BCUT2D eigenvalue weighted by Crippen LogP contribution is 2.27. The highest BCUT2D eigenvalue weighted by molar-refractivity contribution is 4.95. The van der Waals surface area contributed by atoms with Crippen molar-refractivity contribution in [3.05, 3.63) is 12.3 Å². The Morgan fingerprint density at radius 1 is 0.694 bits per heavy atom. The smallest absolute Gasteiger partial charge is 0.160 e. The van der Waals surface area contributed by atoms with E-state index in [1.54, 1.807) is 0 Å². The van der Waals surface area contributed by atoms with E-state index >= 15 is 0 Å². The summed E-state index contributed by atoms with van der Waals surface area (Å²) in [6.07, 6.45) is 1.94. The van der Waals surface area contributed by atoms with E-state index < -0.39 is 24.4 Å². The van der Waals surface area contributed by atoms with Crippen LogP contribution in [0, 0.1) is 0 Å². The van der Waals surface area contributed by atoms with Crippen molar-refractivity contribution in [2.75, 3.05) is 26.4 Å². The first-order chi connectivity index (χ1) is 16.2. The van der Waals surface area contributed by atoms with Gasteiger partial charge in [-0.2, -0.15) is 0 Å². The van der Waals surface area contributed by atoms with E-state index in [9.17, 15) is 0 Å². The van der Waals surface area contributed by atoms with Crippen molar-refractivity contribution in [1.29, 1.82) is 0 Å². The topological polar surface area (TPSA) is 188 Å². The Balaban J connectivity index is 0.000000446. The summed E-state index contributed by atoms with van der Waals surface area (Å²) in [6, 6.07) is 0. The number of aliphatic hydroxyl groups excluding tert-OH is 7. The molecule has 7 N–H and O–H groups in total. The van der Waals surface area contributed by atoms with Crippen molar-refractivity contribution in [1.82, 2.24) is 0 Å². The van der Waals surface area contributed by atoms with Gasteiger partial charge < -0.3 is 59.4 Å². The predicted octanol–water partition coefficient (Wildman–Crippen LogP) is -0.949. The van der Waals surface area contributed by atoms with Crippen LogP contribution in [0.5, 0.6) is 0 Å². The second kappa shape index (κ2) is 17.6. The zero-order valence-corrected chi connectivity index (χ0v) is 19.6. The number of hydrogen-bond acceptors (Lipinski definition) is 12. The van der Waals surface area contributed by atoms with Crippen LogP contribution in [-0.2, 0) is 23.7 Å². The molecule has 4 fully saturated rings. The Morgan fingerprint density at radius 3 is 1.36 bits per heavy atom. The molecule has 216 valence electrons. The third-order valence-electron chi connectivity index (χ3n) is 5.91. The number of fused-ring (bicyclic) bond motifs is 2. The normalized spacial score (nSPS) is 41.4. The summed E-state index contributed by atoms with van der Waals surface area (Å²) < 4.78 is 25.1. The average molecular weight is 529 g/mol. The Kier molecular flexibility index (Phi) is 17.1. The van der Waals surface area contributed by atoms with E-state index in [1.807, 2.05) is 13.8 Å². The van der Waals surface area contributed by atoms with Gasteiger partial charge in [0.1, 0.15) is 24.4 Å². The Labute approximate surface area is 214 Å². The fraction of sp³-hybridized carbons (Fsp3) is 0.917. The molecule has 0 radical (unpaired) electrons. The minimum absolute atomic E-state index is 0. The standard InChI is InChI=1S/2C6H12O3.2C5H8O3.2CH4/c2*1-4-2-5(8)6(3-7)9-4;6-3-1-5-7-2-4(3)8-5;6-3-5-4(7)1-2-8-5;;/h2*4-8H,2-3H2,1H3;3-6H,1-2H2;1-2,4-7H,3H2;2*1H4/t2*4?,5-,6-;3-,4-,5-;4-,5-;;/m0000../s1. The first kappa shape index (κ1) is 35.1. The summed E-state index contributed by atoms with van der Waals surface area (Å²) in [4.78, 5) is 0. The van der Waals surface area contributed by atoms with E-state index in [2.05, 4.69) is 0 Å². The van der Waals surface area contributed by atoms with E-state index in [4.69, 9.17) is 59.4 Å². The van der Waals surface area contributed by atoms with Crippen molar-refractivity contribution in [3.8, 4) is 0 Å². The molecule has 0 spiro atoms. The quantitative estimate of drug-likeness (QED) is 0.238. The summed E-state index contributed by atoms with van der Waals surface area (Å²) in [7, 11) is 0. The summed E-state index contributed by atoms with van der Waals surface area (Å²) in [5, 5.41) is 61.5. The van der Waals surface area contributed by atoms with E-state index in [0.717, 1.165) is 0 Å². The highest BCUT2D eigenvalue weighted by atomic mass is 16.7. The Hall–Kier alpha value is -0.900. The van der Waals surface area contributed by atoms with Gasteiger partial charge in [-0.3, -0.25) is 0 Å². The Morgan fingerprint density at radius 2 is 1.19 bits per heavy atom. The van der Waals surface area contributed by atoms with Crippen LogP contribution in [0.2, 0.25) is 0 Å². The van der Waals surface area contributed by atoms with Gasteiger partial charge in [-0.05, 0) is 19.9 Å². The van der Waals surface area contributed by atoms with E-state index in [-0.39, 0.29) is 77.6 Å². The molecule has 0 amide bonds. The molecule has 12 heteroatoms. The SMILES string of the molecule is C.C.CC1C[C@H](O)[C@H](CO)O1.CC1C[C@H](O)[C@H](CO)O1.OC[C@@H]1OC=C[C@@H]1O.O[C@H]1C[C@H]2OC[C@@H]1O2. The van der Waals surface area contributed by atoms with Crippen molar-refractivity contribution in [2.45, 2.75) is 115 Å². The van der Waals surface area contributed by atoms with Gasteiger partial charge in [0.2, 0.25) is 0 Å². The van der Waals surface area contributed by atoms with E-state index in [1.165, 1.54) is 12.3 Å². The van der Waals surface area contributed by atoms with Crippen LogP contribution in [0.1, 0.15) is 48.0 Å². The first-order valence-electron chi connectivity index (χ1n) is 11.6. The molecule has 5 aliphatic heterocycles. The molecule has 36 heavy (non-hydrogen) atoms. The molecule has 0 aromatic carbocycles. The molecule has 0 aliphatic carbocycles. The minimum atomic E-state index is -0.625. The number of hydrogen-bond donors (Lipinski definition) is 7. The zero-order chi connectivity index (χ0) is 25.3. The van der Waals surface area contributed by atoms with Crippen molar-refractivity contribution in [3.63, 3.8) is 0 Å². The van der Waals surface area contributed by atoms with Crippen LogP contribution in [0.3, 0.4) is 0 Å². The molecule has 2 unspecified atom stereocenters. The average Bonchev–Trinajstić information content (AvgIpc) is 3.61. The third kappa shape index (κ3) is 10.8. The molecule has 0 aromatic heterocycles. The molecular formula is C24H48O12. The molecule has 5 heterocycles. The van der Waals surface area contributed by atoms with Crippen LogP contribution in [0.25, 0.3) is 0 Å². The maximum Gasteiger partial charge on any atom is 0.160 e. The summed E-state index contributed by atoms with van der Waals surface area (Å²) in [5.74, 6) is 0. The van der Waals surface area contributed by atoms with Gasteiger partial charge in [0.05, 0.1) is 63.2 Å². The number of aliphatic hydroxyl groups is 7. The molecule has 0 saturated carbocycles. The maximum atomic E-state index is 9.07. The third-order valence-corrected chi connectivity index (χ3v) is 5.91. The van der Waals surface area contributed by atoms with Gasteiger partial charge in [0, 0.05) is 19.3 Å². The van der Waals surface area contributed by atoms with Gasteiger partial charge in [0.25, 0.3) is 0 Å². The molecule has 5 aliphatic rings. The second-order valence-electron chi connectivity index (χ2n) is 8.86. The predicted molar refractivity (Wildman–Crippen MR) is 130 cm³/mol. The number of rotatable bonds is 3. The molecule has 12 nitrogen and oxygen atoms in total. The maximum absolute atomic E-state index is 9.07. The van der Waals surface area contributed by atoms with Crippen molar-refractivity contribution < 1.29 is 59.4 Å². The fourth-order valence-corrected chi connectivity index (χ4v) is 3.93. The lowest BCUT2D eigenvalue weighted by molar-refractivity contribution is -0.0292. The minimum Gasteiger partial charge on any atom is -0.493 e. The summed E-state index contributed by atoms with van der Waals surface area (Å²) in [6.45, 7) is 4.06. The fourth-order valence-electron chi connectivity index (χ4n) is 3.93.